The topological polar surface area (TPSA) is 59.9 Å². The standard InChI is InChI=1S/C13H17ClN4OS/c1-4-6-15-12-16-11(10-9(14)5-7-20-10)17-13(18-12)19-8(2)3/h5,7-8H,4,6H2,1-3H3,(H,15,16,17,18). The van der Waals surface area contributed by atoms with Crippen molar-refractivity contribution < 1.29 is 4.74 Å². The zero-order valence-electron chi connectivity index (χ0n) is 11.7. The van der Waals surface area contributed by atoms with Crippen LogP contribution in [0.15, 0.2) is 11.4 Å². The number of nitrogens with zero attached hydrogens (tertiary/aromatic N) is 3. The van der Waals surface area contributed by atoms with Crippen molar-refractivity contribution in [3.8, 4) is 16.7 Å². The number of rotatable bonds is 6. The van der Waals surface area contributed by atoms with Crippen molar-refractivity contribution in [2.45, 2.75) is 33.3 Å². The van der Waals surface area contributed by atoms with Crippen LogP contribution in [0.2, 0.25) is 5.02 Å². The fourth-order valence-corrected chi connectivity index (χ4v) is 2.56. The molecule has 0 bridgehead atoms. The first kappa shape index (κ1) is 15.0. The van der Waals surface area contributed by atoms with Gasteiger partial charge in [-0.2, -0.15) is 15.0 Å². The van der Waals surface area contributed by atoms with E-state index < -0.39 is 0 Å². The summed E-state index contributed by atoms with van der Waals surface area (Å²) < 4.78 is 5.57. The summed E-state index contributed by atoms with van der Waals surface area (Å²) >= 11 is 7.63. The molecule has 2 rings (SSSR count). The third-order valence-corrected chi connectivity index (χ3v) is 3.65. The molecule has 0 unspecified atom stereocenters. The maximum atomic E-state index is 6.14. The van der Waals surface area contributed by atoms with Gasteiger partial charge in [0.15, 0.2) is 5.82 Å². The molecule has 0 atom stereocenters. The average Bonchev–Trinajstić information content (AvgIpc) is 2.81. The lowest BCUT2D eigenvalue weighted by Gasteiger charge is -2.10. The molecule has 5 nitrogen and oxygen atoms in total. The highest BCUT2D eigenvalue weighted by atomic mass is 35.5. The summed E-state index contributed by atoms with van der Waals surface area (Å²) in [6.45, 7) is 6.74. The van der Waals surface area contributed by atoms with Crippen molar-refractivity contribution in [2.24, 2.45) is 0 Å². The van der Waals surface area contributed by atoms with E-state index in [9.17, 15) is 0 Å². The van der Waals surface area contributed by atoms with E-state index in [-0.39, 0.29) is 6.10 Å². The Morgan fingerprint density at radius 3 is 2.75 bits per heavy atom. The lowest BCUT2D eigenvalue weighted by atomic mass is 10.4. The number of halogens is 1. The molecule has 0 aliphatic heterocycles. The second kappa shape index (κ2) is 6.85. The predicted octanol–water partition coefficient (Wildman–Crippen LogP) is 3.86. The van der Waals surface area contributed by atoms with Gasteiger partial charge >= 0.3 is 6.01 Å². The zero-order chi connectivity index (χ0) is 14.5. The molecule has 0 amide bonds. The highest BCUT2D eigenvalue weighted by molar-refractivity contribution is 7.14. The summed E-state index contributed by atoms with van der Waals surface area (Å²) in [6.07, 6.45) is 0.990. The molecule has 2 aromatic rings. The van der Waals surface area contributed by atoms with E-state index in [2.05, 4.69) is 27.2 Å². The maximum Gasteiger partial charge on any atom is 0.322 e. The molecule has 2 aromatic heterocycles. The fraction of sp³-hybridized carbons (Fsp3) is 0.462. The molecule has 1 N–H and O–H groups in total. The molecule has 0 aliphatic rings. The minimum absolute atomic E-state index is 0.00285. The molecule has 108 valence electrons. The Kier molecular flexibility index (Phi) is 5.14. The summed E-state index contributed by atoms with van der Waals surface area (Å²) in [6, 6.07) is 2.14. The molecule has 0 saturated heterocycles. The first-order valence-electron chi connectivity index (χ1n) is 6.50. The third kappa shape index (κ3) is 3.80. The lowest BCUT2D eigenvalue weighted by Crippen LogP contribution is -2.12. The Bertz CT molecular complexity index is 573. The molecule has 0 radical (unpaired) electrons. The number of hydrogen-bond acceptors (Lipinski definition) is 6. The van der Waals surface area contributed by atoms with Gasteiger partial charge in [0.25, 0.3) is 0 Å². The van der Waals surface area contributed by atoms with Crippen LogP contribution < -0.4 is 10.1 Å². The first-order chi connectivity index (χ1) is 9.60. The van der Waals surface area contributed by atoms with E-state index in [1.807, 2.05) is 25.3 Å². The summed E-state index contributed by atoms with van der Waals surface area (Å²) in [5.74, 6) is 1.05. The fourth-order valence-electron chi connectivity index (χ4n) is 1.49. The second-order valence-corrected chi connectivity index (χ2v) is 5.78. The molecule has 0 spiro atoms. The Labute approximate surface area is 127 Å². The summed E-state index contributed by atoms with van der Waals surface area (Å²) in [5, 5.41) is 5.69. The minimum Gasteiger partial charge on any atom is -0.461 e. The van der Waals surface area contributed by atoms with Gasteiger partial charge in [0.2, 0.25) is 5.95 Å². The van der Waals surface area contributed by atoms with Gasteiger partial charge in [-0.05, 0) is 31.7 Å². The SMILES string of the molecule is CCCNc1nc(OC(C)C)nc(-c2sccc2Cl)n1. The van der Waals surface area contributed by atoms with Gasteiger partial charge in [-0.15, -0.1) is 11.3 Å². The van der Waals surface area contributed by atoms with E-state index in [1.165, 1.54) is 11.3 Å². The number of anilines is 1. The molecule has 7 heteroatoms. The van der Waals surface area contributed by atoms with Crippen molar-refractivity contribution in [2.75, 3.05) is 11.9 Å². The van der Waals surface area contributed by atoms with Gasteiger partial charge < -0.3 is 10.1 Å². The summed E-state index contributed by atoms with van der Waals surface area (Å²) in [4.78, 5) is 13.8. The number of hydrogen-bond donors (Lipinski definition) is 1. The number of aromatic nitrogens is 3. The molecular formula is C13H17ClN4OS. The van der Waals surface area contributed by atoms with Crippen molar-refractivity contribution >= 4 is 28.9 Å². The maximum absolute atomic E-state index is 6.14. The zero-order valence-corrected chi connectivity index (χ0v) is 13.3. The van der Waals surface area contributed by atoms with Crippen LogP contribution in [0, 0.1) is 0 Å². The molecule has 2 heterocycles. The van der Waals surface area contributed by atoms with E-state index in [0.717, 1.165) is 17.8 Å². The van der Waals surface area contributed by atoms with E-state index in [1.54, 1.807) is 0 Å². The minimum atomic E-state index is 0.00285. The van der Waals surface area contributed by atoms with E-state index in [4.69, 9.17) is 16.3 Å². The van der Waals surface area contributed by atoms with Gasteiger partial charge in [0.05, 0.1) is 16.0 Å². The third-order valence-electron chi connectivity index (χ3n) is 2.31. The molecular weight excluding hydrogens is 296 g/mol. The highest BCUT2D eigenvalue weighted by Gasteiger charge is 2.14. The molecule has 0 aliphatic carbocycles. The van der Waals surface area contributed by atoms with Crippen LogP contribution in [-0.2, 0) is 0 Å². The van der Waals surface area contributed by atoms with Crippen molar-refractivity contribution in [3.05, 3.63) is 16.5 Å². The van der Waals surface area contributed by atoms with Crippen LogP contribution in [0.4, 0.5) is 5.95 Å². The Hall–Kier alpha value is -1.40. The molecule has 0 aromatic carbocycles. The molecule has 20 heavy (non-hydrogen) atoms. The smallest absolute Gasteiger partial charge is 0.322 e. The Morgan fingerprint density at radius 2 is 2.15 bits per heavy atom. The largest absolute Gasteiger partial charge is 0.461 e. The summed E-state index contributed by atoms with van der Waals surface area (Å²) in [7, 11) is 0. The van der Waals surface area contributed by atoms with E-state index in [0.29, 0.717) is 22.8 Å². The highest BCUT2D eigenvalue weighted by Crippen LogP contribution is 2.31. The van der Waals surface area contributed by atoms with E-state index >= 15 is 0 Å². The lowest BCUT2D eigenvalue weighted by molar-refractivity contribution is 0.222. The Balaban J connectivity index is 2.37. The van der Waals surface area contributed by atoms with Gasteiger partial charge in [-0.25, -0.2) is 0 Å². The van der Waals surface area contributed by atoms with Crippen LogP contribution in [0.1, 0.15) is 27.2 Å². The quantitative estimate of drug-likeness (QED) is 0.877. The van der Waals surface area contributed by atoms with Crippen molar-refractivity contribution in [1.82, 2.24) is 15.0 Å². The van der Waals surface area contributed by atoms with Gasteiger partial charge in [-0.1, -0.05) is 18.5 Å². The number of thiophene rings is 1. The Morgan fingerprint density at radius 1 is 1.35 bits per heavy atom. The normalized spacial score (nSPS) is 10.8. The van der Waals surface area contributed by atoms with Crippen LogP contribution in [-0.4, -0.2) is 27.6 Å². The van der Waals surface area contributed by atoms with Crippen molar-refractivity contribution in [1.29, 1.82) is 0 Å². The van der Waals surface area contributed by atoms with Crippen LogP contribution in [0.25, 0.3) is 10.7 Å². The second-order valence-electron chi connectivity index (χ2n) is 4.46. The van der Waals surface area contributed by atoms with Gasteiger partial charge in [-0.3, -0.25) is 0 Å². The van der Waals surface area contributed by atoms with Crippen LogP contribution >= 0.6 is 22.9 Å². The first-order valence-corrected chi connectivity index (χ1v) is 7.76. The number of ether oxygens (including phenoxy) is 1. The van der Waals surface area contributed by atoms with Crippen molar-refractivity contribution in [3.63, 3.8) is 0 Å². The molecule has 0 fully saturated rings. The number of nitrogens with one attached hydrogen (secondary N) is 1. The predicted molar refractivity (Wildman–Crippen MR) is 82.7 cm³/mol. The monoisotopic (exact) mass is 312 g/mol. The summed E-state index contributed by atoms with van der Waals surface area (Å²) in [5.41, 5.74) is 0. The van der Waals surface area contributed by atoms with Gasteiger partial charge in [0.1, 0.15) is 0 Å². The molecule has 0 saturated carbocycles. The van der Waals surface area contributed by atoms with Crippen LogP contribution in [0.5, 0.6) is 6.01 Å². The van der Waals surface area contributed by atoms with Crippen LogP contribution in [0.3, 0.4) is 0 Å². The average molecular weight is 313 g/mol. The van der Waals surface area contributed by atoms with Gasteiger partial charge in [0, 0.05) is 6.54 Å².